The first-order chi connectivity index (χ1) is 9.90. The van der Waals surface area contributed by atoms with E-state index < -0.39 is 30.1 Å². The molecule has 0 aliphatic carbocycles. The highest BCUT2D eigenvalue weighted by Gasteiger charge is 2.21. The Morgan fingerprint density at radius 2 is 1.95 bits per heavy atom. The average Bonchev–Trinajstić information content (AvgIpc) is 2.43. The summed E-state index contributed by atoms with van der Waals surface area (Å²) in [6.45, 7) is 1.70. The van der Waals surface area contributed by atoms with E-state index in [2.05, 4.69) is 15.6 Å². The zero-order valence-electron chi connectivity index (χ0n) is 11.4. The maximum absolute atomic E-state index is 11.7. The fourth-order valence-electron chi connectivity index (χ4n) is 1.63. The number of rotatable bonds is 7. The molecule has 0 radical (unpaired) electrons. The van der Waals surface area contributed by atoms with E-state index in [1.165, 1.54) is 0 Å². The minimum Gasteiger partial charge on any atom is -0.481 e. The molecule has 4 N–H and O–H groups in total. The van der Waals surface area contributed by atoms with Crippen LogP contribution >= 0.6 is 0 Å². The molecule has 0 fully saturated rings. The van der Waals surface area contributed by atoms with Gasteiger partial charge in [0.1, 0.15) is 6.04 Å². The van der Waals surface area contributed by atoms with Crippen molar-refractivity contribution in [1.29, 1.82) is 0 Å². The topological polar surface area (TPSA) is 129 Å². The van der Waals surface area contributed by atoms with Crippen molar-refractivity contribution in [1.82, 2.24) is 15.6 Å². The molecular formula is C13H17N3O5. The zero-order chi connectivity index (χ0) is 15.8. The Labute approximate surface area is 121 Å². The Kier molecular flexibility index (Phi) is 6.12. The Morgan fingerprint density at radius 1 is 1.24 bits per heavy atom. The molecule has 0 saturated heterocycles. The Hall–Kier alpha value is -2.64. The third-order valence-corrected chi connectivity index (χ3v) is 2.73. The summed E-state index contributed by atoms with van der Waals surface area (Å²) in [5.74, 6) is -2.40. The standard InChI is InChI=1S/C13H17N3O5/c1-8(9-4-2-3-7-14-9)15-13(21)16-10(12(19)20)5-6-11(17)18/h2-4,7-8,10H,5-6H2,1H3,(H,17,18)(H,19,20)(H2,15,16,21)/t8?,10-/m0/s1. The van der Waals surface area contributed by atoms with Crippen LogP contribution in [0.3, 0.4) is 0 Å². The normalized spacial score (nSPS) is 13.0. The van der Waals surface area contributed by atoms with E-state index in [-0.39, 0.29) is 12.8 Å². The summed E-state index contributed by atoms with van der Waals surface area (Å²) in [6, 6.07) is 2.89. The smallest absolute Gasteiger partial charge is 0.326 e. The number of pyridine rings is 1. The summed E-state index contributed by atoms with van der Waals surface area (Å²) in [6.07, 6.45) is 1.06. The van der Waals surface area contributed by atoms with Crippen LogP contribution in [0.15, 0.2) is 24.4 Å². The number of hydrogen-bond donors (Lipinski definition) is 4. The van der Waals surface area contributed by atoms with Crippen LogP contribution in [0.25, 0.3) is 0 Å². The fourth-order valence-corrected chi connectivity index (χ4v) is 1.63. The molecule has 0 aliphatic rings. The van der Waals surface area contributed by atoms with Crippen molar-refractivity contribution in [3.8, 4) is 0 Å². The molecule has 1 unspecified atom stereocenters. The van der Waals surface area contributed by atoms with Crippen LogP contribution in [0.1, 0.15) is 31.5 Å². The molecule has 8 nitrogen and oxygen atoms in total. The molecule has 1 rings (SSSR count). The summed E-state index contributed by atoms with van der Waals surface area (Å²) < 4.78 is 0. The maximum atomic E-state index is 11.7. The van der Waals surface area contributed by atoms with Crippen LogP contribution in [-0.4, -0.2) is 39.2 Å². The molecule has 114 valence electrons. The van der Waals surface area contributed by atoms with Crippen molar-refractivity contribution in [2.75, 3.05) is 0 Å². The number of carboxylic acids is 2. The minimum absolute atomic E-state index is 0.184. The number of carbonyl (C=O) groups is 3. The predicted molar refractivity (Wildman–Crippen MR) is 72.6 cm³/mol. The van der Waals surface area contributed by atoms with E-state index in [0.29, 0.717) is 5.69 Å². The second-order valence-corrected chi connectivity index (χ2v) is 4.42. The van der Waals surface area contributed by atoms with Crippen molar-refractivity contribution >= 4 is 18.0 Å². The Bertz CT molecular complexity index is 506. The number of aromatic nitrogens is 1. The summed E-state index contributed by atoms with van der Waals surface area (Å²) in [7, 11) is 0. The van der Waals surface area contributed by atoms with Gasteiger partial charge in [-0.15, -0.1) is 0 Å². The summed E-state index contributed by atoms with van der Waals surface area (Å²) >= 11 is 0. The van der Waals surface area contributed by atoms with E-state index in [4.69, 9.17) is 10.2 Å². The average molecular weight is 295 g/mol. The van der Waals surface area contributed by atoms with Crippen molar-refractivity contribution in [2.24, 2.45) is 0 Å². The van der Waals surface area contributed by atoms with Crippen LogP contribution in [0.5, 0.6) is 0 Å². The predicted octanol–water partition coefficient (Wildman–Crippen LogP) is 0.760. The first-order valence-electron chi connectivity index (χ1n) is 6.32. The second kappa shape index (κ2) is 7.83. The highest BCUT2D eigenvalue weighted by Crippen LogP contribution is 2.07. The molecule has 0 saturated carbocycles. The third-order valence-electron chi connectivity index (χ3n) is 2.73. The molecule has 0 bridgehead atoms. The lowest BCUT2D eigenvalue weighted by atomic mass is 10.1. The number of carboxylic acid groups (broad SMARTS) is 2. The van der Waals surface area contributed by atoms with Gasteiger partial charge >= 0.3 is 18.0 Å². The van der Waals surface area contributed by atoms with Crippen LogP contribution in [-0.2, 0) is 9.59 Å². The first-order valence-corrected chi connectivity index (χ1v) is 6.32. The Balaban J connectivity index is 2.54. The molecule has 0 spiro atoms. The molecule has 1 aromatic heterocycles. The van der Waals surface area contributed by atoms with Gasteiger partial charge in [-0.1, -0.05) is 6.07 Å². The maximum Gasteiger partial charge on any atom is 0.326 e. The SMILES string of the molecule is CC(NC(=O)N[C@@H](CCC(=O)O)C(=O)O)c1ccccn1. The van der Waals surface area contributed by atoms with Gasteiger partial charge in [0.05, 0.1) is 11.7 Å². The quantitative estimate of drug-likeness (QED) is 0.588. The molecule has 21 heavy (non-hydrogen) atoms. The summed E-state index contributed by atoms with van der Waals surface area (Å²) in [5, 5.41) is 22.3. The highest BCUT2D eigenvalue weighted by molar-refractivity contribution is 5.83. The fraction of sp³-hybridized carbons (Fsp3) is 0.385. The zero-order valence-corrected chi connectivity index (χ0v) is 11.4. The van der Waals surface area contributed by atoms with Crippen LogP contribution < -0.4 is 10.6 Å². The molecule has 2 amide bonds. The van der Waals surface area contributed by atoms with Gasteiger partial charge in [-0.25, -0.2) is 9.59 Å². The largest absolute Gasteiger partial charge is 0.481 e. The number of carbonyl (C=O) groups excluding carboxylic acids is 1. The monoisotopic (exact) mass is 295 g/mol. The van der Waals surface area contributed by atoms with Gasteiger partial charge in [-0.05, 0) is 25.5 Å². The van der Waals surface area contributed by atoms with E-state index in [9.17, 15) is 14.4 Å². The van der Waals surface area contributed by atoms with E-state index in [1.54, 1.807) is 31.3 Å². The van der Waals surface area contributed by atoms with Crippen molar-refractivity contribution < 1.29 is 24.6 Å². The minimum atomic E-state index is -1.28. The molecule has 8 heteroatoms. The van der Waals surface area contributed by atoms with Crippen molar-refractivity contribution in [2.45, 2.75) is 31.8 Å². The summed E-state index contributed by atoms with van der Waals surface area (Å²) in [4.78, 5) is 37.2. The van der Waals surface area contributed by atoms with Gasteiger partial charge in [0.15, 0.2) is 0 Å². The molecule has 1 aromatic rings. The van der Waals surface area contributed by atoms with E-state index in [1.807, 2.05) is 0 Å². The first kappa shape index (κ1) is 16.4. The summed E-state index contributed by atoms with van der Waals surface area (Å²) in [5.41, 5.74) is 0.630. The van der Waals surface area contributed by atoms with Gasteiger partial charge in [-0.2, -0.15) is 0 Å². The number of urea groups is 1. The number of nitrogens with zero attached hydrogens (tertiary/aromatic N) is 1. The van der Waals surface area contributed by atoms with Gasteiger partial charge < -0.3 is 20.8 Å². The molecule has 2 atom stereocenters. The third kappa shape index (κ3) is 5.89. The Morgan fingerprint density at radius 3 is 2.48 bits per heavy atom. The number of hydrogen-bond acceptors (Lipinski definition) is 4. The molecule has 0 aromatic carbocycles. The van der Waals surface area contributed by atoms with Crippen LogP contribution in [0, 0.1) is 0 Å². The van der Waals surface area contributed by atoms with E-state index in [0.717, 1.165) is 0 Å². The van der Waals surface area contributed by atoms with Crippen LogP contribution in [0.4, 0.5) is 4.79 Å². The lowest BCUT2D eigenvalue weighted by molar-refractivity contribution is -0.140. The van der Waals surface area contributed by atoms with Crippen molar-refractivity contribution in [3.63, 3.8) is 0 Å². The number of aliphatic carboxylic acids is 2. The lowest BCUT2D eigenvalue weighted by Crippen LogP contribution is -2.46. The highest BCUT2D eigenvalue weighted by atomic mass is 16.4. The number of amides is 2. The van der Waals surface area contributed by atoms with Crippen molar-refractivity contribution in [3.05, 3.63) is 30.1 Å². The lowest BCUT2D eigenvalue weighted by Gasteiger charge is -2.17. The van der Waals surface area contributed by atoms with E-state index >= 15 is 0 Å². The van der Waals surface area contributed by atoms with Gasteiger partial charge in [0.2, 0.25) is 0 Å². The second-order valence-electron chi connectivity index (χ2n) is 4.42. The van der Waals surface area contributed by atoms with Gasteiger partial charge in [0, 0.05) is 12.6 Å². The number of nitrogens with one attached hydrogen (secondary N) is 2. The molecule has 1 heterocycles. The molecule has 0 aliphatic heterocycles. The van der Waals surface area contributed by atoms with Gasteiger partial charge in [-0.3, -0.25) is 9.78 Å². The molecular weight excluding hydrogens is 278 g/mol. The van der Waals surface area contributed by atoms with Crippen LogP contribution in [0.2, 0.25) is 0 Å². The van der Waals surface area contributed by atoms with Gasteiger partial charge in [0.25, 0.3) is 0 Å².